The van der Waals surface area contributed by atoms with Gasteiger partial charge in [-0.25, -0.2) is 9.97 Å². The van der Waals surface area contributed by atoms with Gasteiger partial charge in [0, 0.05) is 6.20 Å². The van der Waals surface area contributed by atoms with Gasteiger partial charge >= 0.3 is 6.18 Å². The standard InChI is InChI=1S/C6H3BrClF3N2/c7-3-2-12-4(13-5(3)8)1-6(9,10)11/h2H,1H2. The average Bonchev–Trinajstić information content (AvgIpc) is 1.94. The van der Waals surface area contributed by atoms with Crippen LogP contribution in [0.15, 0.2) is 10.7 Å². The maximum atomic E-state index is 11.8. The largest absolute Gasteiger partial charge is 0.396 e. The maximum absolute atomic E-state index is 11.8. The summed E-state index contributed by atoms with van der Waals surface area (Å²) in [5.74, 6) is -0.333. The number of hydrogen-bond acceptors (Lipinski definition) is 2. The van der Waals surface area contributed by atoms with Crippen LogP contribution in [0.2, 0.25) is 5.15 Å². The van der Waals surface area contributed by atoms with Crippen LogP contribution in [0.4, 0.5) is 13.2 Å². The molecule has 13 heavy (non-hydrogen) atoms. The Bertz CT molecular complexity index is 315. The van der Waals surface area contributed by atoms with Crippen LogP contribution in [0.1, 0.15) is 5.82 Å². The number of alkyl halides is 3. The Hall–Kier alpha value is -0.360. The molecular weight excluding hydrogens is 272 g/mol. The lowest BCUT2D eigenvalue weighted by atomic mass is 10.4. The summed E-state index contributed by atoms with van der Waals surface area (Å²) < 4.78 is 35.9. The predicted octanol–water partition coefficient (Wildman–Crippen LogP) is 3.00. The van der Waals surface area contributed by atoms with Crippen molar-refractivity contribution in [3.63, 3.8) is 0 Å². The van der Waals surface area contributed by atoms with E-state index in [1.165, 1.54) is 6.20 Å². The first-order valence-corrected chi connectivity index (χ1v) is 4.29. The summed E-state index contributed by atoms with van der Waals surface area (Å²) in [5, 5.41) is -0.0192. The highest BCUT2D eigenvalue weighted by Gasteiger charge is 2.29. The maximum Gasteiger partial charge on any atom is 0.396 e. The summed E-state index contributed by atoms with van der Waals surface area (Å²) in [4.78, 5) is 6.91. The van der Waals surface area contributed by atoms with E-state index in [-0.39, 0.29) is 11.0 Å². The molecule has 0 aliphatic heterocycles. The third kappa shape index (κ3) is 3.48. The van der Waals surface area contributed by atoms with Gasteiger partial charge in [-0.2, -0.15) is 13.2 Å². The second-order valence-electron chi connectivity index (χ2n) is 2.22. The summed E-state index contributed by atoms with van der Waals surface area (Å²) >= 11 is 8.45. The molecule has 1 rings (SSSR count). The van der Waals surface area contributed by atoms with Crippen molar-refractivity contribution in [3.05, 3.63) is 21.6 Å². The van der Waals surface area contributed by atoms with E-state index < -0.39 is 12.6 Å². The van der Waals surface area contributed by atoms with Crippen molar-refractivity contribution in [1.29, 1.82) is 0 Å². The van der Waals surface area contributed by atoms with Crippen LogP contribution in [0.3, 0.4) is 0 Å². The van der Waals surface area contributed by atoms with Crippen molar-refractivity contribution in [2.24, 2.45) is 0 Å². The van der Waals surface area contributed by atoms with Gasteiger partial charge in [-0.3, -0.25) is 0 Å². The van der Waals surface area contributed by atoms with Crippen LogP contribution in [0.5, 0.6) is 0 Å². The third-order valence-electron chi connectivity index (χ3n) is 1.11. The van der Waals surface area contributed by atoms with Gasteiger partial charge in [0.05, 0.1) is 4.47 Å². The van der Waals surface area contributed by atoms with E-state index in [0.717, 1.165) is 0 Å². The molecule has 0 saturated carbocycles. The first kappa shape index (κ1) is 10.7. The van der Waals surface area contributed by atoms with Gasteiger partial charge in [0.1, 0.15) is 17.4 Å². The zero-order valence-corrected chi connectivity index (χ0v) is 8.41. The van der Waals surface area contributed by atoms with Gasteiger partial charge in [-0.05, 0) is 15.9 Å². The lowest BCUT2D eigenvalue weighted by molar-refractivity contribution is -0.128. The zero-order chi connectivity index (χ0) is 10.1. The quantitative estimate of drug-likeness (QED) is 0.736. The lowest BCUT2D eigenvalue weighted by Crippen LogP contribution is -2.14. The highest BCUT2D eigenvalue weighted by Crippen LogP contribution is 2.22. The summed E-state index contributed by atoms with van der Waals surface area (Å²) in [5.41, 5.74) is 0. The Kier molecular flexibility index (Phi) is 3.13. The van der Waals surface area contributed by atoms with E-state index in [2.05, 4.69) is 25.9 Å². The molecule has 0 amide bonds. The molecule has 0 aliphatic rings. The second kappa shape index (κ2) is 3.79. The molecule has 0 radical (unpaired) electrons. The van der Waals surface area contributed by atoms with Crippen molar-refractivity contribution in [3.8, 4) is 0 Å². The molecule has 72 valence electrons. The Morgan fingerprint density at radius 1 is 1.46 bits per heavy atom. The molecule has 0 aliphatic carbocycles. The van der Waals surface area contributed by atoms with Crippen molar-refractivity contribution in [2.75, 3.05) is 0 Å². The van der Waals surface area contributed by atoms with Gasteiger partial charge in [-0.1, -0.05) is 11.6 Å². The number of aromatic nitrogens is 2. The van der Waals surface area contributed by atoms with E-state index in [1.807, 2.05) is 0 Å². The van der Waals surface area contributed by atoms with Gasteiger partial charge in [0.15, 0.2) is 0 Å². The first-order chi connectivity index (χ1) is 5.88. The molecule has 0 saturated heterocycles. The van der Waals surface area contributed by atoms with Gasteiger partial charge in [0.2, 0.25) is 0 Å². The lowest BCUT2D eigenvalue weighted by Gasteiger charge is -2.04. The van der Waals surface area contributed by atoms with Crippen molar-refractivity contribution >= 4 is 27.5 Å². The molecule has 1 heterocycles. The second-order valence-corrected chi connectivity index (χ2v) is 3.43. The van der Waals surface area contributed by atoms with Gasteiger partial charge in [-0.15, -0.1) is 0 Å². The number of halogens is 5. The van der Waals surface area contributed by atoms with Gasteiger partial charge < -0.3 is 0 Å². The number of hydrogen-bond donors (Lipinski definition) is 0. The molecule has 1 aromatic heterocycles. The Morgan fingerprint density at radius 2 is 2.08 bits per heavy atom. The van der Waals surface area contributed by atoms with E-state index in [9.17, 15) is 13.2 Å². The number of rotatable bonds is 1. The molecule has 0 bridgehead atoms. The minimum atomic E-state index is -4.31. The van der Waals surface area contributed by atoms with Crippen molar-refractivity contribution in [2.45, 2.75) is 12.6 Å². The van der Waals surface area contributed by atoms with Crippen LogP contribution in [-0.4, -0.2) is 16.1 Å². The van der Waals surface area contributed by atoms with E-state index in [1.54, 1.807) is 0 Å². The molecule has 7 heteroatoms. The smallest absolute Gasteiger partial charge is 0.240 e. The molecular formula is C6H3BrClF3N2. The monoisotopic (exact) mass is 274 g/mol. The molecule has 0 unspecified atom stereocenters. The highest BCUT2D eigenvalue weighted by molar-refractivity contribution is 9.10. The summed E-state index contributed by atoms with van der Waals surface area (Å²) in [6.45, 7) is 0. The first-order valence-electron chi connectivity index (χ1n) is 3.12. The van der Waals surface area contributed by atoms with Crippen LogP contribution < -0.4 is 0 Å². The van der Waals surface area contributed by atoms with E-state index >= 15 is 0 Å². The molecule has 0 spiro atoms. The minimum absolute atomic E-state index is 0.0192. The Labute approximate surface area is 85.3 Å². The fraction of sp³-hybridized carbons (Fsp3) is 0.333. The van der Waals surface area contributed by atoms with Crippen LogP contribution in [-0.2, 0) is 6.42 Å². The minimum Gasteiger partial charge on any atom is -0.240 e. The fourth-order valence-electron chi connectivity index (χ4n) is 0.644. The molecule has 0 atom stereocenters. The SMILES string of the molecule is FC(F)(F)Cc1ncc(Br)c(Cl)n1. The van der Waals surface area contributed by atoms with Crippen LogP contribution in [0, 0.1) is 0 Å². The molecule has 0 N–H and O–H groups in total. The van der Waals surface area contributed by atoms with Crippen molar-refractivity contribution in [1.82, 2.24) is 9.97 Å². The average molecular weight is 275 g/mol. The molecule has 0 fully saturated rings. The normalized spacial score (nSPS) is 11.8. The molecule has 1 aromatic rings. The van der Waals surface area contributed by atoms with Gasteiger partial charge in [0.25, 0.3) is 0 Å². The topological polar surface area (TPSA) is 25.8 Å². The summed E-state index contributed by atoms with van der Waals surface area (Å²) in [6, 6.07) is 0. The highest BCUT2D eigenvalue weighted by atomic mass is 79.9. The fourth-order valence-corrected chi connectivity index (χ4v) is 0.982. The van der Waals surface area contributed by atoms with Crippen molar-refractivity contribution < 1.29 is 13.2 Å². The summed E-state index contributed by atoms with van der Waals surface area (Å²) in [6.07, 6.45) is -4.28. The van der Waals surface area contributed by atoms with E-state index in [0.29, 0.717) is 4.47 Å². The van der Waals surface area contributed by atoms with Crippen LogP contribution in [0.25, 0.3) is 0 Å². The zero-order valence-electron chi connectivity index (χ0n) is 6.07. The Morgan fingerprint density at radius 3 is 2.54 bits per heavy atom. The summed E-state index contributed by atoms with van der Waals surface area (Å²) in [7, 11) is 0. The van der Waals surface area contributed by atoms with E-state index in [4.69, 9.17) is 11.6 Å². The van der Waals surface area contributed by atoms with Crippen LogP contribution >= 0.6 is 27.5 Å². The number of nitrogens with zero attached hydrogens (tertiary/aromatic N) is 2. The predicted molar refractivity (Wildman–Crippen MR) is 44.5 cm³/mol. The molecule has 2 nitrogen and oxygen atoms in total. The third-order valence-corrected chi connectivity index (χ3v) is 2.21. The Balaban J connectivity index is 2.86. The molecule has 0 aromatic carbocycles.